The first kappa shape index (κ1) is 12.1. The van der Waals surface area contributed by atoms with Crippen molar-refractivity contribution >= 4 is 0 Å². The van der Waals surface area contributed by atoms with Crippen LogP contribution in [-0.4, -0.2) is 31.4 Å². The van der Waals surface area contributed by atoms with E-state index in [4.69, 9.17) is 0 Å². The second-order valence-electron chi connectivity index (χ2n) is 4.69. The Hall–Kier alpha value is -0.970. The van der Waals surface area contributed by atoms with Crippen molar-refractivity contribution in [2.75, 3.05) is 0 Å². The SMILES string of the molecule is CC(C)Cc1nnnn1CC(O)C(C)C. The van der Waals surface area contributed by atoms with Crippen molar-refractivity contribution in [2.45, 2.75) is 46.8 Å². The summed E-state index contributed by atoms with van der Waals surface area (Å²) in [5, 5.41) is 21.2. The zero-order valence-corrected chi connectivity index (χ0v) is 9.88. The molecule has 0 radical (unpaired) electrons. The minimum absolute atomic E-state index is 0.223. The van der Waals surface area contributed by atoms with Crippen LogP contribution in [0.15, 0.2) is 0 Å². The summed E-state index contributed by atoms with van der Waals surface area (Å²) >= 11 is 0. The van der Waals surface area contributed by atoms with Crippen LogP contribution in [0.3, 0.4) is 0 Å². The van der Waals surface area contributed by atoms with E-state index in [1.54, 1.807) is 4.68 Å². The van der Waals surface area contributed by atoms with Gasteiger partial charge in [0.05, 0.1) is 12.6 Å². The summed E-state index contributed by atoms with van der Waals surface area (Å²) in [6.45, 7) is 8.69. The first-order valence-corrected chi connectivity index (χ1v) is 5.43. The average Bonchev–Trinajstić information content (AvgIpc) is 2.51. The molecule has 15 heavy (non-hydrogen) atoms. The number of tetrazole rings is 1. The fourth-order valence-corrected chi connectivity index (χ4v) is 1.26. The van der Waals surface area contributed by atoms with Gasteiger partial charge in [0.15, 0.2) is 5.82 Å². The minimum atomic E-state index is -0.389. The Morgan fingerprint density at radius 2 is 1.93 bits per heavy atom. The smallest absolute Gasteiger partial charge is 0.151 e. The molecule has 0 aromatic carbocycles. The summed E-state index contributed by atoms with van der Waals surface area (Å²) in [6.07, 6.45) is 0.456. The van der Waals surface area contributed by atoms with E-state index < -0.39 is 0 Å². The molecule has 1 rings (SSSR count). The van der Waals surface area contributed by atoms with Crippen LogP contribution in [-0.2, 0) is 13.0 Å². The van der Waals surface area contributed by atoms with E-state index in [9.17, 15) is 5.11 Å². The Bertz CT molecular complexity index is 295. The van der Waals surface area contributed by atoms with Gasteiger partial charge in [-0.25, -0.2) is 4.68 Å². The minimum Gasteiger partial charge on any atom is -0.391 e. The highest BCUT2D eigenvalue weighted by molar-refractivity contribution is 4.83. The number of aliphatic hydroxyl groups is 1. The molecule has 0 aliphatic carbocycles. The van der Waals surface area contributed by atoms with Gasteiger partial charge in [-0.05, 0) is 22.3 Å². The maximum atomic E-state index is 9.74. The zero-order chi connectivity index (χ0) is 11.4. The van der Waals surface area contributed by atoms with Gasteiger partial charge in [-0.2, -0.15) is 0 Å². The van der Waals surface area contributed by atoms with Crippen molar-refractivity contribution in [3.63, 3.8) is 0 Å². The predicted octanol–water partition coefficient (Wildman–Crippen LogP) is 0.888. The van der Waals surface area contributed by atoms with E-state index in [2.05, 4.69) is 29.4 Å². The molecule has 1 aromatic heterocycles. The molecule has 1 unspecified atom stereocenters. The largest absolute Gasteiger partial charge is 0.391 e. The topological polar surface area (TPSA) is 63.8 Å². The molecule has 0 saturated carbocycles. The summed E-state index contributed by atoms with van der Waals surface area (Å²) in [4.78, 5) is 0. The van der Waals surface area contributed by atoms with Gasteiger partial charge in [0, 0.05) is 6.42 Å². The zero-order valence-electron chi connectivity index (χ0n) is 9.88. The van der Waals surface area contributed by atoms with Crippen LogP contribution in [0.2, 0.25) is 0 Å². The Balaban J connectivity index is 2.64. The standard InChI is InChI=1S/C10H20N4O/c1-7(2)5-10-11-12-13-14(10)6-9(15)8(3)4/h7-9,15H,5-6H2,1-4H3. The van der Waals surface area contributed by atoms with E-state index in [1.807, 2.05) is 13.8 Å². The molecule has 5 heteroatoms. The van der Waals surface area contributed by atoms with Crippen LogP contribution < -0.4 is 0 Å². The van der Waals surface area contributed by atoms with Gasteiger partial charge < -0.3 is 5.11 Å². The summed E-state index contributed by atoms with van der Waals surface area (Å²) in [5.41, 5.74) is 0. The van der Waals surface area contributed by atoms with Crippen LogP contribution in [0.4, 0.5) is 0 Å². The Morgan fingerprint density at radius 1 is 1.27 bits per heavy atom. The van der Waals surface area contributed by atoms with E-state index in [0.717, 1.165) is 12.2 Å². The van der Waals surface area contributed by atoms with Crippen molar-refractivity contribution < 1.29 is 5.11 Å². The molecule has 1 atom stereocenters. The van der Waals surface area contributed by atoms with Gasteiger partial charge in [-0.1, -0.05) is 27.7 Å². The van der Waals surface area contributed by atoms with Gasteiger partial charge in [-0.15, -0.1) is 5.10 Å². The third kappa shape index (κ3) is 3.58. The number of hydrogen-bond acceptors (Lipinski definition) is 4. The van der Waals surface area contributed by atoms with E-state index in [0.29, 0.717) is 12.5 Å². The lowest BCUT2D eigenvalue weighted by Gasteiger charge is -2.15. The maximum absolute atomic E-state index is 9.74. The molecule has 0 amide bonds. The van der Waals surface area contributed by atoms with Gasteiger partial charge >= 0.3 is 0 Å². The average molecular weight is 212 g/mol. The second kappa shape index (κ2) is 5.21. The van der Waals surface area contributed by atoms with Gasteiger partial charge in [0.25, 0.3) is 0 Å². The lowest BCUT2D eigenvalue weighted by molar-refractivity contribution is 0.101. The van der Waals surface area contributed by atoms with Gasteiger partial charge in [0.1, 0.15) is 0 Å². The number of hydrogen-bond donors (Lipinski definition) is 1. The molecule has 1 N–H and O–H groups in total. The molecule has 0 saturated heterocycles. The highest BCUT2D eigenvalue weighted by Gasteiger charge is 2.14. The molecule has 0 spiro atoms. The molecule has 0 fully saturated rings. The number of rotatable bonds is 5. The fraction of sp³-hybridized carbons (Fsp3) is 0.900. The number of nitrogens with zero attached hydrogens (tertiary/aromatic N) is 4. The molecule has 0 aliphatic rings. The normalized spacial score (nSPS) is 13.8. The fourth-order valence-electron chi connectivity index (χ4n) is 1.26. The first-order chi connectivity index (χ1) is 7.00. The Labute approximate surface area is 90.5 Å². The highest BCUT2D eigenvalue weighted by atomic mass is 16.3. The number of aromatic nitrogens is 4. The van der Waals surface area contributed by atoms with Gasteiger partial charge in [-0.3, -0.25) is 0 Å². The quantitative estimate of drug-likeness (QED) is 0.787. The van der Waals surface area contributed by atoms with Crippen LogP contribution in [0.1, 0.15) is 33.5 Å². The van der Waals surface area contributed by atoms with Crippen LogP contribution in [0.5, 0.6) is 0 Å². The summed E-state index contributed by atoms with van der Waals surface area (Å²) in [5.74, 6) is 1.59. The monoisotopic (exact) mass is 212 g/mol. The Kier molecular flexibility index (Phi) is 4.20. The van der Waals surface area contributed by atoms with Crippen molar-refractivity contribution in [1.29, 1.82) is 0 Å². The lowest BCUT2D eigenvalue weighted by Crippen LogP contribution is -2.24. The third-order valence-electron chi connectivity index (χ3n) is 2.33. The highest BCUT2D eigenvalue weighted by Crippen LogP contribution is 2.07. The van der Waals surface area contributed by atoms with E-state index >= 15 is 0 Å². The Morgan fingerprint density at radius 3 is 2.47 bits per heavy atom. The molecular formula is C10H20N4O. The van der Waals surface area contributed by atoms with Crippen LogP contribution in [0, 0.1) is 11.8 Å². The van der Waals surface area contributed by atoms with Crippen molar-refractivity contribution in [1.82, 2.24) is 20.2 Å². The molecule has 86 valence electrons. The predicted molar refractivity (Wildman–Crippen MR) is 57.2 cm³/mol. The number of aliphatic hydroxyl groups excluding tert-OH is 1. The van der Waals surface area contributed by atoms with Crippen molar-refractivity contribution in [3.8, 4) is 0 Å². The first-order valence-electron chi connectivity index (χ1n) is 5.43. The second-order valence-corrected chi connectivity index (χ2v) is 4.69. The molecule has 0 aliphatic heterocycles. The molecule has 5 nitrogen and oxygen atoms in total. The van der Waals surface area contributed by atoms with Crippen molar-refractivity contribution in [2.24, 2.45) is 11.8 Å². The van der Waals surface area contributed by atoms with E-state index in [1.165, 1.54) is 0 Å². The van der Waals surface area contributed by atoms with E-state index in [-0.39, 0.29) is 12.0 Å². The summed E-state index contributed by atoms with van der Waals surface area (Å²) < 4.78 is 1.70. The molecular weight excluding hydrogens is 192 g/mol. The third-order valence-corrected chi connectivity index (χ3v) is 2.33. The summed E-state index contributed by atoms with van der Waals surface area (Å²) in [7, 11) is 0. The summed E-state index contributed by atoms with van der Waals surface area (Å²) in [6, 6.07) is 0. The molecule has 0 bridgehead atoms. The van der Waals surface area contributed by atoms with Crippen LogP contribution >= 0.6 is 0 Å². The lowest BCUT2D eigenvalue weighted by atomic mass is 10.1. The molecule has 1 aromatic rings. The maximum Gasteiger partial charge on any atom is 0.151 e. The molecule has 1 heterocycles. The van der Waals surface area contributed by atoms with Crippen molar-refractivity contribution in [3.05, 3.63) is 5.82 Å². The van der Waals surface area contributed by atoms with Gasteiger partial charge in [0.2, 0.25) is 0 Å². The van der Waals surface area contributed by atoms with Crippen LogP contribution in [0.25, 0.3) is 0 Å².